The molecule has 5 nitrogen and oxygen atoms in total. The van der Waals surface area contributed by atoms with E-state index in [1.165, 1.54) is 34.6 Å². The maximum absolute atomic E-state index is 12.9. The molecule has 0 aromatic heterocycles. The highest BCUT2D eigenvalue weighted by molar-refractivity contribution is 7.92. The van der Waals surface area contributed by atoms with Crippen LogP contribution in [0.5, 0.6) is 0 Å². The van der Waals surface area contributed by atoms with Gasteiger partial charge in [0.2, 0.25) is 0 Å². The predicted octanol–water partition coefficient (Wildman–Crippen LogP) is 4.71. The molecule has 0 unspecified atom stereocenters. The third kappa shape index (κ3) is 4.13. The highest BCUT2D eigenvalue weighted by Gasteiger charge is 2.32. The molecule has 1 heterocycles. The van der Waals surface area contributed by atoms with Crippen molar-refractivity contribution in [1.82, 2.24) is 0 Å². The van der Waals surface area contributed by atoms with E-state index in [4.69, 9.17) is 0 Å². The molecule has 1 aliphatic rings. The number of anilines is 2. The number of fused-ring (bicyclic) bond motifs is 1. The first-order chi connectivity index (χ1) is 14.7. The van der Waals surface area contributed by atoms with Crippen LogP contribution in [0.15, 0.2) is 77.7 Å². The Kier molecular flexibility index (Phi) is 5.22. The van der Waals surface area contributed by atoms with Gasteiger partial charge in [-0.1, -0.05) is 18.2 Å². The zero-order valence-corrected chi connectivity index (χ0v) is 16.9. The van der Waals surface area contributed by atoms with Gasteiger partial charge in [-0.3, -0.25) is 9.10 Å². The number of nitrogens with zero attached hydrogens (tertiary/aromatic N) is 1. The molecule has 0 bridgehead atoms. The van der Waals surface area contributed by atoms with Crippen molar-refractivity contribution in [2.45, 2.75) is 17.5 Å². The lowest BCUT2D eigenvalue weighted by atomic mass is 10.1. The standard InChI is InChI=1S/C22H17F3N2O3S/c23-22(24,25)17-7-9-18(10-8-17)26-21(28)16-6-11-20-15(14-16)12-13-27(20)31(29,30)19-4-2-1-3-5-19/h1-11,14H,12-13H2,(H,26,28). The monoisotopic (exact) mass is 446 g/mol. The van der Waals surface area contributed by atoms with E-state index >= 15 is 0 Å². The Morgan fingerprint density at radius 2 is 1.61 bits per heavy atom. The van der Waals surface area contributed by atoms with Crippen molar-refractivity contribution >= 4 is 27.3 Å². The molecule has 3 aromatic rings. The highest BCUT2D eigenvalue weighted by Crippen LogP contribution is 2.34. The summed E-state index contributed by atoms with van der Waals surface area (Å²) in [6.45, 7) is 0.260. The average Bonchev–Trinajstić information content (AvgIpc) is 3.18. The van der Waals surface area contributed by atoms with E-state index in [1.54, 1.807) is 30.3 Å². The van der Waals surface area contributed by atoms with Crippen molar-refractivity contribution < 1.29 is 26.4 Å². The largest absolute Gasteiger partial charge is 0.416 e. The quantitative estimate of drug-likeness (QED) is 0.631. The van der Waals surface area contributed by atoms with Crippen molar-refractivity contribution in [1.29, 1.82) is 0 Å². The second-order valence-corrected chi connectivity index (χ2v) is 8.88. The molecular weight excluding hydrogens is 429 g/mol. The van der Waals surface area contributed by atoms with Crippen LogP contribution in [0, 0.1) is 0 Å². The fourth-order valence-electron chi connectivity index (χ4n) is 3.43. The Morgan fingerprint density at radius 3 is 2.26 bits per heavy atom. The fourth-order valence-corrected chi connectivity index (χ4v) is 4.95. The molecule has 1 N–H and O–H groups in total. The molecule has 160 valence electrons. The van der Waals surface area contributed by atoms with Crippen LogP contribution in [0.2, 0.25) is 0 Å². The first-order valence-electron chi connectivity index (χ1n) is 9.35. The van der Waals surface area contributed by atoms with E-state index in [0.29, 0.717) is 17.7 Å². The number of amides is 1. The van der Waals surface area contributed by atoms with E-state index in [1.807, 2.05) is 0 Å². The summed E-state index contributed by atoms with van der Waals surface area (Å²) in [6.07, 6.45) is -4.00. The van der Waals surface area contributed by atoms with Crippen LogP contribution >= 0.6 is 0 Å². The molecule has 0 radical (unpaired) electrons. The number of alkyl halides is 3. The lowest BCUT2D eigenvalue weighted by Gasteiger charge is -2.19. The van der Waals surface area contributed by atoms with Crippen LogP contribution in [-0.2, 0) is 22.6 Å². The van der Waals surface area contributed by atoms with Crippen LogP contribution < -0.4 is 9.62 Å². The maximum Gasteiger partial charge on any atom is 0.416 e. The third-order valence-electron chi connectivity index (χ3n) is 5.00. The van der Waals surface area contributed by atoms with Gasteiger partial charge in [0.25, 0.3) is 15.9 Å². The molecule has 0 fully saturated rings. The third-order valence-corrected chi connectivity index (χ3v) is 6.82. The van der Waals surface area contributed by atoms with Gasteiger partial charge in [0, 0.05) is 17.8 Å². The summed E-state index contributed by atoms with van der Waals surface area (Å²) in [5.74, 6) is -0.494. The smallest absolute Gasteiger partial charge is 0.322 e. The number of benzene rings is 3. The van der Waals surface area contributed by atoms with Gasteiger partial charge in [0.15, 0.2) is 0 Å². The first kappa shape index (κ1) is 20.9. The van der Waals surface area contributed by atoms with Gasteiger partial charge in [-0.15, -0.1) is 0 Å². The van der Waals surface area contributed by atoms with Crippen molar-refractivity contribution in [3.8, 4) is 0 Å². The Labute approximate surface area is 177 Å². The molecule has 0 aliphatic carbocycles. The van der Waals surface area contributed by atoms with Gasteiger partial charge >= 0.3 is 6.18 Å². The number of carbonyl (C=O) groups excluding carboxylic acids is 1. The molecule has 0 saturated carbocycles. The number of carbonyl (C=O) groups is 1. The molecule has 0 spiro atoms. The van der Waals surface area contributed by atoms with Gasteiger partial charge in [-0.2, -0.15) is 13.2 Å². The van der Waals surface area contributed by atoms with E-state index in [-0.39, 0.29) is 22.7 Å². The lowest BCUT2D eigenvalue weighted by Crippen LogP contribution is -2.29. The maximum atomic E-state index is 12.9. The Balaban J connectivity index is 1.53. The van der Waals surface area contributed by atoms with Crippen molar-refractivity contribution in [3.05, 3.63) is 89.5 Å². The van der Waals surface area contributed by atoms with E-state index in [9.17, 15) is 26.4 Å². The number of halogens is 3. The molecule has 31 heavy (non-hydrogen) atoms. The van der Waals surface area contributed by atoms with Gasteiger partial charge in [0.05, 0.1) is 16.1 Å². The van der Waals surface area contributed by atoms with Gasteiger partial charge in [0.1, 0.15) is 0 Å². The number of rotatable bonds is 4. The van der Waals surface area contributed by atoms with Crippen LogP contribution in [0.3, 0.4) is 0 Å². The van der Waals surface area contributed by atoms with E-state index < -0.39 is 27.7 Å². The van der Waals surface area contributed by atoms with E-state index in [0.717, 1.165) is 12.1 Å². The highest BCUT2D eigenvalue weighted by atomic mass is 32.2. The Hall–Kier alpha value is -3.33. The summed E-state index contributed by atoms with van der Waals surface area (Å²) in [5, 5.41) is 2.56. The second-order valence-electron chi connectivity index (χ2n) is 7.01. The summed E-state index contributed by atoms with van der Waals surface area (Å²) in [6, 6.07) is 16.9. The molecule has 1 aliphatic heterocycles. The number of hydrogen-bond donors (Lipinski definition) is 1. The fraction of sp³-hybridized carbons (Fsp3) is 0.136. The summed E-state index contributed by atoms with van der Waals surface area (Å²) >= 11 is 0. The van der Waals surface area contributed by atoms with Crippen LogP contribution in [0.25, 0.3) is 0 Å². The van der Waals surface area contributed by atoms with Gasteiger partial charge in [-0.05, 0) is 66.6 Å². The minimum absolute atomic E-state index is 0.187. The molecule has 1 amide bonds. The summed E-state index contributed by atoms with van der Waals surface area (Å²) < 4.78 is 65.2. The normalized spacial score (nSPS) is 13.7. The number of nitrogens with one attached hydrogen (secondary N) is 1. The molecule has 9 heteroatoms. The van der Waals surface area contributed by atoms with Gasteiger partial charge < -0.3 is 5.32 Å². The Bertz CT molecular complexity index is 1230. The second kappa shape index (κ2) is 7.73. The zero-order valence-electron chi connectivity index (χ0n) is 16.1. The van der Waals surface area contributed by atoms with Crippen molar-refractivity contribution in [2.24, 2.45) is 0 Å². The number of sulfonamides is 1. The van der Waals surface area contributed by atoms with Crippen LogP contribution in [-0.4, -0.2) is 20.9 Å². The van der Waals surface area contributed by atoms with Crippen molar-refractivity contribution in [3.63, 3.8) is 0 Å². The summed E-state index contributed by atoms with van der Waals surface area (Å²) in [5.41, 5.74) is 0.932. The summed E-state index contributed by atoms with van der Waals surface area (Å²) in [4.78, 5) is 12.7. The SMILES string of the molecule is O=C(Nc1ccc(C(F)(F)F)cc1)c1ccc2c(c1)CCN2S(=O)(=O)c1ccccc1. The molecule has 4 rings (SSSR count). The van der Waals surface area contributed by atoms with Gasteiger partial charge in [-0.25, -0.2) is 8.42 Å². The summed E-state index contributed by atoms with van der Waals surface area (Å²) in [7, 11) is -3.71. The lowest BCUT2D eigenvalue weighted by molar-refractivity contribution is -0.137. The zero-order chi connectivity index (χ0) is 22.2. The van der Waals surface area contributed by atoms with Crippen LogP contribution in [0.4, 0.5) is 24.5 Å². The number of hydrogen-bond acceptors (Lipinski definition) is 3. The average molecular weight is 446 g/mol. The minimum Gasteiger partial charge on any atom is -0.322 e. The minimum atomic E-state index is -4.45. The van der Waals surface area contributed by atoms with E-state index in [2.05, 4.69) is 5.32 Å². The molecular formula is C22H17F3N2O3S. The Morgan fingerprint density at radius 1 is 0.935 bits per heavy atom. The van der Waals surface area contributed by atoms with Crippen LogP contribution in [0.1, 0.15) is 21.5 Å². The molecule has 0 saturated heterocycles. The first-order valence-corrected chi connectivity index (χ1v) is 10.8. The molecule has 0 atom stereocenters. The van der Waals surface area contributed by atoms with Crippen molar-refractivity contribution in [2.75, 3.05) is 16.2 Å². The topological polar surface area (TPSA) is 66.5 Å². The molecule has 3 aromatic carbocycles. The predicted molar refractivity (Wildman–Crippen MR) is 111 cm³/mol.